The van der Waals surface area contributed by atoms with Crippen LogP contribution in [0.4, 0.5) is 0 Å². The molecular formula is C18H38N2O2Si. The number of carbonyl (C=O) groups excluding carboxylic acids is 1. The predicted molar refractivity (Wildman–Crippen MR) is 100 cm³/mol. The van der Waals surface area contributed by atoms with Crippen molar-refractivity contribution < 1.29 is 9.53 Å². The maximum Gasteiger partial charge on any atom is 0.309 e. The lowest BCUT2D eigenvalue weighted by atomic mass is 9.99. The van der Waals surface area contributed by atoms with Crippen LogP contribution in [0.3, 0.4) is 0 Å². The van der Waals surface area contributed by atoms with Crippen LogP contribution in [0.5, 0.6) is 0 Å². The Morgan fingerprint density at radius 3 is 2.09 bits per heavy atom. The third-order valence-corrected chi connectivity index (χ3v) is 12.2. The molecule has 1 atom stereocenters. The third-order valence-electron chi connectivity index (χ3n) is 6.40. The fourth-order valence-electron chi connectivity index (χ4n) is 3.35. The van der Waals surface area contributed by atoms with Crippen LogP contribution in [0.15, 0.2) is 0 Å². The summed E-state index contributed by atoms with van der Waals surface area (Å²) in [5.41, 5.74) is 0. The van der Waals surface area contributed by atoms with Crippen LogP contribution in [0.1, 0.15) is 41.5 Å². The molecule has 0 spiro atoms. The summed E-state index contributed by atoms with van der Waals surface area (Å²) in [5, 5.41) is 0.396. The van der Waals surface area contributed by atoms with Gasteiger partial charge in [0.05, 0.1) is 12.5 Å². The van der Waals surface area contributed by atoms with Crippen LogP contribution in [0, 0.1) is 11.8 Å². The van der Waals surface area contributed by atoms with Crippen LogP contribution in [0.2, 0.25) is 18.1 Å². The van der Waals surface area contributed by atoms with Gasteiger partial charge in [-0.3, -0.25) is 4.79 Å². The molecule has 0 bridgehead atoms. The van der Waals surface area contributed by atoms with Gasteiger partial charge in [-0.1, -0.05) is 47.7 Å². The minimum Gasteiger partial charge on any atom is -0.466 e. The van der Waals surface area contributed by atoms with Gasteiger partial charge in [-0.2, -0.15) is 0 Å². The van der Waals surface area contributed by atoms with Crippen LogP contribution in [0.25, 0.3) is 0 Å². The van der Waals surface area contributed by atoms with E-state index in [1.165, 1.54) is 0 Å². The average molecular weight is 343 g/mol. The van der Waals surface area contributed by atoms with Crippen molar-refractivity contribution in [3.05, 3.63) is 0 Å². The van der Waals surface area contributed by atoms with Gasteiger partial charge in [-0.05, 0) is 17.9 Å². The number of ether oxygens (including phenoxy) is 1. The molecule has 23 heavy (non-hydrogen) atoms. The van der Waals surface area contributed by atoms with E-state index in [0.29, 0.717) is 17.6 Å². The normalized spacial score (nSPS) is 19.9. The second kappa shape index (κ2) is 8.12. The first-order chi connectivity index (χ1) is 10.5. The highest BCUT2D eigenvalue weighted by atomic mass is 28.3. The lowest BCUT2D eigenvalue weighted by molar-refractivity contribution is -0.148. The van der Waals surface area contributed by atoms with E-state index in [2.05, 4.69) is 50.3 Å². The quantitative estimate of drug-likeness (QED) is 0.524. The molecule has 0 aliphatic carbocycles. The summed E-state index contributed by atoms with van der Waals surface area (Å²) in [6.07, 6.45) is 0. The molecule has 0 saturated carbocycles. The maximum atomic E-state index is 11.8. The molecule has 1 fully saturated rings. The number of hydrogen-bond donors (Lipinski definition) is 0. The summed E-state index contributed by atoms with van der Waals surface area (Å²) in [6, 6.07) is 0. The Kier molecular flexibility index (Phi) is 7.29. The van der Waals surface area contributed by atoms with E-state index in [9.17, 15) is 4.79 Å². The second-order valence-corrected chi connectivity index (χ2v) is 13.4. The molecule has 1 heterocycles. The zero-order chi connectivity index (χ0) is 17.8. The molecule has 1 aliphatic heterocycles. The van der Waals surface area contributed by atoms with Gasteiger partial charge in [-0.25, -0.2) is 0 Å². The molecular weight excluding hydrogens is 304 g/mol. The molecule has 0 radical (unpaired) electrons. The molecule has 4 nitrogen and oxygen atoms in total. The van der Waals surface area contributed by atoms with Crippen molar-refractivity contribution in [2.45, 2.75) is 59.7 Å². The van der Waals surface area contributed by atoms with Crippen LogP contribution < -0.4 is 0 Å². The summed E-state index contributed by atoms with van der Waals surface area (Å²) in [6.45, 7) is 24.2. The molecule has 0 aromatic heterocycles. The van der Waals surface area contributed by atoms with Gasteiger partial charge in [0.25, 0.3) is 0 Å². The monoisotopic (exact) mass is 342 g/mol. The van der Waals surface area contributed by atoms with E-state index in [0.717, 1.165) is 32.7 Å². The van der Waals surface area contributed by atoms with Crippen molar-refractivity contribution in [1.82, 2.24) is 9.47 Å². The largest absolute Gasteiger partial charge is 0.466 e. The van der Waals surface area contributed by atoms with Crippen LogP contribution in [-0.2, 0) is 9.53 Å². The highest BCUT2D eigenvalue weighted by Gasteiger charge is 2.46. The zero-order valence-electron chi connectivity index (χ0n) is 16.6. The second-order valence-electron chi connectivity index (χ2n) is 8.38. The minimum atomic E-state index is -1.48. The minimum absolute atomic E-state index is 0.0288. The standard InChI is InChI=1S/C18H38N2O2Si/c1-9-22-17(21)16(4)14-19-10-12-20(13-11-19)23(7,8)18(5,6)15(2)3/h15-16H,9-14H2,1-8H3. The van der Waals surface area contributed by atoms with Crippen molar-refractivity contribution in [2.75, 3.05) is 39.3 Å². The van der Waals surface area contributed by atoms with Crippen molar-refractivity contribution in [3.8, 4) is 0 Å². The first-order valence-electron chi connectivity index (χ1n) is 9.18. The third kappa shape index (κ3) is 4.80. The Morgan fingerprint density at radius 2 is 1.65 bits per heavy atom. The number of piperazine rings is 1. The Balaban J connectivity index is 2.57. The first-order valence-corrected chi connectivity index (χ1v) is 12.1. The summed E-state index contributed by atoms with van der Waals surface area (Å²) < 4.78 is 7.88. The topological polar surface area (TPSA) is 32.8 Å². The van der Waals surface area contributed by atoms with Gasteiger partial charge in [0.1, 0.15) is 8.24 Å². The van der Waals surface area contributed by atoms with E-state index >= 15 is 0 Å². The lowest BCUT2D eigenvalue weighted by Gasteiger charge is -2.52. The number of esters is 1. The Labute approximate surface area is 144 Å². The zero-order valence-corrected chi connectivity index (χ0v) is 17.6. The predicted octanol–water partition coefficient (Wildman–Crippen LogP) is 3.44. The molecule has 1 rings (SSSR count). The van der Waals surface area contributed by atoms with Crippen molar-refractivity contribution in [3.63, 3.8) is 0 Å². The van der Waals surface area contributed by atoms with Crippen LogP contribution >= 0.6 is 0 Å². The summed E-state index contributed by atoms with van der Waals surface area (Å²) in [4.78, 5) is 14.2. The van der Waals surface area contributed by atoms with Gasteiger partial charge >= 0.3 is 5.97 Å². The molecule has 136 valence electrons. The fraction of sp³-hybridized carbons (Fsp3) is 0.944. The van der Waals surface area contributed by atoms with Crippen molar-refractivity contribution >= 4 is 14.2 Å². The summed E-state index contributed by atoms with van der Waals surface area (Å²) >= 11 is 0. The molecule has 1 aliphatic rings. The Bertz CT molecular complexity index is 388. The van der Waals surface area contributed by atoms with Gasteiger partial charge in [0.2, 0.25) is 0 Å². The highest BCUT2D eigenvalue weighted by Crippen LogP contribution is 2.45. The first kappa shape index (κ1) is 20.7. The highest BCUT2D eigenvalue weighted by molar-refractivity contribution is 6.77. The van der Waals surface area contributed by atoms with Gasteiger partial charge in [-0.15, -0.1) is 0 Å². The molecule has 0 aromatic carbocycles. The number of rotatable bonds is 7. The smallest absolute Gasteiger partial charge is 0.309 e. The number of nitrogens with zero attached hydrogens (tertiary/aromatic N) is 2. The van der Waals surface area contributed by atoms with Crippen LogP contribution in [-0.4, -0.2) is 63.0 Å². The van der Waals surface area contributed by atoms with E-state index in [1.807, 2.05) is 13.8 Å². The van der Waals surface area contributed by atoms with Gasteiger partial charge in [0, 0.05) is 32.7 Å². The van der Waals surface area contributed by atoms with E-state index in [1.54, 1.807) is 0 Å². The van der Waals surface area contributed by atoms with E-state index < -0.39 is 8.24 Å². The Morgan fingerprint density at radius 1 is 1.13 bits per heavy atom. The molecule has 1 unspecified atom stereocenters. The summed E-state index contributed by atoms with van der Waals surface area (Å²) in [5.74, 6) is 0.607. The molecule has 1 saturated heterocycles. The maximum absolute atomic E-state index is 11.8. The fourth-order valence-corrected chi connectivity index (χ4v) is 6.90. The summed E-state index contributed by atoms with van der Waals surface area (Å²) in [7, 11) is -1.48. The van der Waals surface area contributed by atoms with E-state index in [4.69, 9.17) is 4.74 Å². The Hall–Kier alpha value is -0.393. The van der Waals surface area contributed by atoms with E-state index in [-0.39, 0.29) is 11.9 Å². The van der Waals surface area contributed by atoms with Crippen molar-refractivity contribution in [2.24, 2.45) is 11.8 Å². The number of hydrogen-bond acceptors (Lipinski definition) is 4. The lowest BCUT2D eigenvalue weighted by Crippen LogP contribution is -2.63. The number of carbonyl (C=O) groups is 1. The van der Waals surface area contributed by atoms with Crippen molar-refractivity contribution in [1.29, 1.82) is 0 Å². The molecule has 0 N–H and O–H groups in total. The molecule has 0 amide bonds. The molecule has 0 aromatic rings. The van der Waals surface area contributed by atoms with Gasteiger partial charge in [0.15, 0.2) is 0 Å². The molecule has 5 heteroatoms. The average Bonchev–Trinajstić information content (AvgIpc) is 2.47. The SMILES string of the molecule is CCOC(=O)C(C)CN1CCN([Si](C)(C)C(C)(C)C(C)C)CC1. The van der Waals surface area contributed by atoms with Gasteiger partial charge < -0.3 is 14.2 Å².